The Balaban J connectivity index is 1.76. The third-order valence-corrected chi connectivity index (χ3v) is 4.35. The third-order valence-electron chi connectivity index (χ3n) is 4.35. The zero-order valence-corrected chi connectivity index (χ0v) is 15.0. The van der Waals surface area contributed by atoms with Crippen LogP contribution in [0.2, 0.25) is 0 Å². The molecule has 2 heterocycles. The molecule has 2 N–H and O–H groups in total. The largest absolute Gasteiger partial charge is 0.508 e. The maximum absolute atomic E-state index is 9.34. The number of hydrogen-bond acceptors (Lipinski definition) is 5. The summed E-state index contributed by atoms with van der Waals surface area (Å²) in [5.41, 5.74) is 5.14. The second-order valence-corrected chi connectivity index (χ2v) is 6.24. The topological polar surface area (TPSA) is 75.9 Å². The van der Waals surface area contributed by atoms with Crippen LogP contribution in [-0.4, -0.2) is 31.4 Å². The fourth-order valence-electron chi connectivity index (χ4n) is 2.83. The van der Waals surface area contributed by atoms with Gasteiger partial charge in [0.15, 0.2) is 5.82 Å². The molecule has 130 valence electrons. The SMILES string of the molecule is Cc1cnc(-c2c(C)nn(C)c2C)nc1NCCc1ccc(O)cc1. The summed E-state index contributed by atoms with van der Waals surface area (Å²) >= 11 is 0. The van der Waals surface area contributed by atoms with Gasteiger partial charge in [-0.1, -0.05) is 12.1 Å². The Labute approximate surface area is 147 Å². The van der Waals surface area contributed by atoms with Gasteiger partial charge in [-0.15, -0.1) is 0 Å². The molecule has 0 aliphatic heterocycles. The number of aromatic hydroxyl groups is 1. The number of nitrogens with one attached hydrogen (secondary N) is 1. The predicted octanol–water partition coefficient (Wildman–Crippen LogP) is 3.16. The summed E-state index contributed by atoms with van der Waals surface area (Å²) in [4.78, 5) is 9.20. The molecule has 0 fully saturated rings. The standard InChI is InChI=1S/C19H23N5O/c1-12-11-21-19(17-13(2)23-24(4)14(17)3)22-18(12)20-10-9-15-5-7-16(25)8-6-15/h5-8,11,25H,9-10H2,1-4H3,(H,20,21,22). The van der Waals surface area contributed by atoms with Crippen molar-refractivity contribution in [1.29, 1.82) is 0 Å². The van der Waals surface area contributed by atoms with Gasteiger partial charge in [-0.05, 0) is 44.9 Å². The molecule has 0 aliphatic rings. The minimum absolute atomic E-state index is 0.287. The number of nitrogens with zero attached hydrogens (tertiary/aromatic N) is 4. The van der Waals surface area contributed by atoms with E-state index in [2.05, 4.69) is 15.4 Å². The fourth-order valence-corrected chi connectivity index (χ4v) is 2.83. The molecule has 0 radical (unpaired) electrons. The lowest BCUT2D eigenvalue weighted by Crippen LogP contribution is -2.09. The minimum Gasteiger partial charge on any atom is -0.508 e. The van der Waals surface area contributed by atoms with Gasteiger partial charge in [-0.3, -0.25) is 4.68 Å². The highest BCUT2D eigenvalue weighted by Crippen LogP contribution is 2.25. The molecule has 0 atom stereocenters. The van der Waals surface area contributed by atoms with Crippen LogP contribution in [0.3, 0.4) is 0 Å². The van der Waals surface area contributed by atoms with Gasteiger partial charge in [0.25, 0.3) is 0 Å². The van der Waals surface area contributed by atoms with Crippen molar-refractivity contribution in [3.8, 4) is 17.1 Å². The van der Waals surface area contributed by atoms with E-state index < -0.39 is 0 Å². The normalized spacial score (nSPS) is 10.9. The van der Waals surface area contributed by atoms with Crippen LogP contribution in [0.5, 0.6) is 5.75 Å². The first-order valence-electron chi connectivity index (χ1n) is 8.31. The zero-order chi connectivity index (χ0) is 18.0. The summed E-state index contributed by atoms with van der Waals surface area (Å²) in [6.07, 6.45) is 2.70. The summed E-state index contributed by atoms with van der Waals surface area (Å²) in [7, 11) is 1.93. The zero-order valence-electron chi connectivity index (χ0n) is 15.0. The van der Waals surface area contributed by atoms with E-state index in [4.69, 9.17) is 4.98 Å². The van der Waals surface area contributed by atoms with Crippen LogP contribution in [0.15, 0.2) is 30.5 Å². The van der Waals surface area contributed by atoms with Gasteiger partial charge >= 0.3 is 0 Å². The first-order chi connectivity index (χ1) is 12.0. The summed E-state index contributed by atoms with van der Waals surface area (Å²) < 4.78 is 1.85. The number of benzene rings is 1. The Morgan fingerprint density at radius 2 is 1.84 bits per heavy atom. The van der Waals surface area contributed by atoms with Crippen molar-refractivity contribution >= 4 is 5.82 Å². The van der Waals surface area contributed by atoms with E-state index in [9.17, 15) is 5.11 Å². The maximum Gasteiger partial charge on any atom is 0.165 e. The van der Waals surface area contributed by atoms with Crippen molar-refractivity contribution in [2.75, 3.05) is 11.9 Å². The van der Waals surface area contributed by atoms with E-state index in [-0.39, 0.29) is 5.75 Å². The van der Waals surface area contributed by atoms with Crippen molar-refractivity contribution in [1.82, 2.24) is 19.7 Å². The van der Waals surface area contributed by atoms with Crippen molar-refractivity contribution in [3.05, 3.63) is 53.0 Å². The maximum atomic E-state index is 9.34. The highest BCUT2D eigenvalue weighted by Gasteiger charge is 2.15. The van der Waals surface area contributed by atoms with Gasteiger partial charge in [0.2, 0.25) is 0 Å². The van der Waals surface area contributed by atoms with Crippen molar-refractivity contribution < 1.29 is 5.11 Å². The van der Waals surface area contributed by atoms with Crippen LogP contribution in [0.25, 0.3) is 11.4 Å². The Hall–Kier alpha value is -2.89. The first-order valence-corrected chi connectivity index (χ1v) is 8.31. The molecule has 3 aromatic rings. The van der Waals surface area contributed by atoms with Gasteiger partial charge in [-0.2, -0.15) is 5.10 Å². The molecule has 1 aromatic carbocycles. The molecule has 6 heteroatoms. The van der Waals surface area contributed by atoms with Crippen molar-refractivity contribution in [2.24, 2.45) is 7.05 Å². The lowest BCUT2D eigenvalue weighted by Gasteiger charge is -2.10. The average Bonchev–Trinajstić information content (AvgIpc) is 2.84. The van der Waals surface area contributed by atoms with E-state index in [0.717, 1.165) is 46.9 Å². The van der Waals surface area contributed by atoms with Gasteiger partial charge in [0, 0.05) is 31.0 Å². The molecule has 0 spiro atoms. The molecular formula is C19H23N5O. The van der Waals surface area contributed by atoms with Gasteiger partial charge in [-0.25, -0.2) is 9.97 Å². The van der Waals surface area contributed by atoms with Crippen molar-refractivity contribution in [2.45, 2.75) is 27.2 Å². The second kappa shape index (κ2) is 6.93. The Morgan fingerprint density at radius 3 is 2.48 bits per heavy atom. The fraction of sp³-hybridized carbons (Fsp3) is 0.316. The average molecular weight is 337 g/mol. The van der Waals surface area contributed by atoms with Crippen LogP contribution in [-0.2, 0) is 13.5 Å². The van der Waals surface area contributed by atoms with E-state index in [1.807, 2.05) is 50.8 Å². The summed E-state index contributed by atoms with van der Waals surface area (Å²) in [6, 6.07) is 7.27. The lowest BCUT2D eigenvalue weighted by molar-refractivity contribution is 0.475. The molecule has 3 rings (SSSR count). The number of anilines is 1. The predicted molar refractivity (Wildman–Crippen MR) is 98.7 cm³/mol. The van der Waals surface area contributed by atoms with Gasteiger partial charge < -0.3 is 10.4 Å². The molecule has 2 aromatic heterocycles. The van der Waals surface area contributed by atoms with Gasteiger partial charge in [0.1, 0.15) is 11.6 Å². The number of aryl methyl sites for hydroxylation is 3. The second-order valence-electron chi connectivity index (χ2n) is 6.24. The molecule has 6 nitrogen and oxygen atoms in total. The summed E-state index contributed by atoms with van der Waals surface area (Å²) in [6.45, 7) is 6.75. The molecule has 0 saturated carbocycles. The van der Waals surface area contributed by atoms with Crippen LogP contribution >= 0.6 is 0 Å². The molecule has 0 amide bonds. The first kappa shape index (κ1) is 17.0. The van der Waals surface area contributed by atoms with Gasteiger partial charge in [0.05, 0.1) is 11.3 Å². The Morgan fingerprint density at radius 1 is 1.12 bits per heavy atom. The highest BCUT2D eigenvalue weighted by molar-refractivity contribution is 5.63. The Bertz CT molecular complexity index is 884. The van der Waals surface area contributed by atoms with Crippen LogP contribution < -0.4 is 5.32 Å². The van der Waals surface area contributed by atoms with E-state index in [0.29, 0.717) is 5.82 Å². The third kappa shape index (κ3) is 3.63. The summed E-state index contributed by atoms with van der Waals surface area (Å²) in [5.74, 6) is 1.82. The Kier molecular flexibility index (Phi) is 4.70. The monoisotopic (exact) mass is 337 g/mol. The number of hydrogen-bond donors (Lipinski definition) is 2. The molecule has 0 unspecified atom stereocenters. The van der Waals surface area contributed by atoms with E-state index in [1.165, 1.54) is 0 Å². The van der Waals surface area contributed by atoms with E-state index >= 15 is 0 Å². The van der Waals surface area contributed by atoms with Crippen LogP contribution in [0.4, 0.5) is 5.82 Å². The van der Waals surface area contributed by atoms with Crippen LogP contribution in [0.1, 0.15) is 22.5 Å². The quantitative estimate of drug-likeness (QED) is 0.748. The molecule has 0 bridgehead atoms. The molecule has 0 aliphatic carbocycles. The number of phenolic OH excluding ortho intramolecular Hbond substituents is 1. The number of aromatic nitrogens is 4. The summed E-state index contributed by atoms with van der Waals surface area (Å²) in [5, 5.41) is 17.2. The number of phenols is 1. The number of rotatable bonds is 5. The van der Waals surface area contributed by atoms with E-state index in [1.54, 1.807) is 12.1 Å². The molecular weight excluding hydrogens is 314 g/mol. The minimum atomic E-state index is 0.287. The van der Waals surface area contributed by atoms with Crippen LogP contribution in [0, 0.1) is 20.8 Å². The smallest absolute Gasteiger partial charge is 0.165 e. The lowest BCUT2D eigenvalue weighted by atomic mass is 10.1. The van der Waals surface area contributed by atoms with Crippen molar-refractivity contribution in [3.63, 3.8) is 0 Å². The molecule has 0 saturated heterocycles. The highest BCUT2D eigenvalue weighted by atomic mass is 16.3. The molecule has 25 heavy (non-hydrogen) atoms.